The molecule has 0 unspecified atom stereocenters. The summed E-state index contributed by atoms with van der Waals surface area (Å²) in [6.07, 6.45) is 6.28. The fraction of sp³-hybridized carbons (Fsp3) is 0.565. The standard InChI is InChI=1S/C23H31N7O4S/c1-13(2)9-28(16-6-7-16)23-26-18(11-35-23)20(32)30(17(10-31)8-15-4-5-15)21(33)19-14(3)29(12-25-19)22(34)27-24/h10-13,15-17H,4-9,24H2,1-3H3,(H,27,34)/t17-/m0/s1. The molecule has 11 nitrogen and oxygen atoms in total. The second-order valence-electron chi connectivity index (χ2n) is 9.65. The average molecular weight is 502 g/mol. The molecule has 2 aliphatic carbocycles. The van der Waals surface area contributed by atoms with E-state index in [9.17, 15) is 19.2 Å². The number of carbonyl (C=O) groups excluding carboxylic acids is 4. The molecule has 2 aromatic rings. The lowest BCUT2D eigenvalue weighted by Gasteiger charge is -2.26. The van der Waals surface area contributed by atoms with Crippen molar-refractivity contribution in [3.05, 3.63) is 28.8 Å². The maximum Gasteiger partial charge on any atom is 0.341 e. The van der Waals surface area contributed by atoms with E-state index >= 15 is 0 Å². The third-order valence-corrected chi connectivity index (χ3v) is 7.13. The molecule has 0 aliphatic heterocycles. The molecule has 188 valence electrons. The van der Waals surface area contributed by atoms with Crippen molar-refractivity contribution in [2.24, 2.45) is 17.7 Å². The highest BCUT2D eigenvalue weighted by atomic mass is 32.1. The molecule has 2 fully saturated rings. The number of aldehydes is 1. The van der Waals surface area contributed by atoms with Crippen LogP contribution in [0.25, 0.3) is 0 Å². The molecule has 0 radical (unpaired) electrons. The quantitative estimate of drug-likeness (QED) is 0.166. The van der Waals surface area contributed by atoms with Gasteiger partial charge in [0, 0.05) is 18.0 Å². The van der Waals surface area contributed by atoms with Crippen LogP contribution < -0.4 is 16.2 Å². The second-order valence-corrected chi connectivity index (χ2v) is 10.5. The summed E-state index contributed by atoms with van der Waals surface area (Å²) in [5.41, 5.74) is 2.21. The molecular formula is C23H31N7O4S. The molecule has 3 amide bonds. The van der Waals surface area contributed by atoms with E-state index in [-0.39, 0.29) is 23.0 Å². The summed E-state index contributed by atoms with van der Waals surface area (Å²) in [6.45, 7) is 6.62. The number of nitrogens with one attached hydrogen (secondary N) is 1. The number of carbonyl (C=O) groups is 4. The van der Waals surface area contributed by atoms with Gasteiger partial charge in [-0.2, -0.15) is 0 Å². The lowest BCUT2D eigenvalue weighted by molar-refractivity contribution is -0.111. The molecule has 0 aromatic carbocycles. The highest BCUT2D eigenvalue weighted by Crippen LogP contribution is 2.36. The number of hydrogen-bond donors (Lipinski definition) is 2. The molecule has 2 heterocycles. The highest BCUT2D eigenvalue weighted by Gasteiger charge is 2.39. The number of nitrogens with zero attached hydrogens (tertiary/aromatic N) is 5. The van der Waals surface area contributed by atoms with Gasteiger partial charge in [0.1, 0.15) is 24.0 Å². The molecule has 12 heteroatoms. The van der Waals surface area contributed by atoms with Crippen molar-refractivity contribution in [2.45, 2.75) is 65.0 Å². The summed E-state index contributed by atoms with van der Waals surface area (Å²) in [5.74, 6) is 4.53. The predicted molar refractivity (Wildman–Crippen MR) is 130 cm³/mol. The Morgan fingerprint density at radius 3 is 2.54 bits per heavy atom. The van der Waals surface area contributed by atoms with Crippen molar-refractivity contribution in [3.8, 4) is 0 Å². The zero-order valence-electron chi connectivity index (χ0n) is 20.1. The van der Waals surface area contributed by atoms with Gasteiger partial charge in [-0.3, -0.25) is 24.5 Å². The van der Waals surface area contributed by atoms with Gasteiger partial charge in [-0.15, -0.1) is 11.3 Å². The van der Waals surface area contributed by atoms with Gasteiger partial charge >= 0.3 is 6.03 Å². The number of amides is 3. The van der Waals surface area contributed by atoms with Gasteiger partial charge in [0.25, 0.3) is 11.8 Å². The second kappa shape index (κ2) is 10.2. The number of hydrogen-bond acceptors (Lipinski definition) is 9. The largest absolute Gasteiger partial charge is 0.345 e. The predicted octanol–water partition coefficient (Wildman–Crippen LogP) is 2.35. The van der Waals surface area contributed by atoms with Crippen LogP contribution in [0.1, 0.15) is 72.6 Å². The lowest BCUT2D eigenvalue weighted by atomic mass is 10.1. The number of aromatic nitrogens is 3. The molecular weight excluding hydrogens is 470 g/mol. The van der Waals surface area contributed by atoms with E-state index in [2.05, 4.69) is 28.7 Å². The van der Waals surface area contributed by atoms with Gasteiger partial charge in [-0.05, 0) is 38.0 Å². The normalized spacial score (nSPS) is 16.1. The first-order chi connectivity index (χ1) is 16.7. The minimum Gasteiger partial charge on any atom is -0.345 e. The van der Waals surface area contributed by atoms with Crippen molar-refractivity contribution in [2.75, 3.05) is 11.4 Å². The molecule has 2 aliphatic rings. The minimum atomic E-state index is -0.948. The zero-order chi connectivity index (χ0) is 25.3. The van der Waals surface area contributed by atoms with Gasteiger partial charge in [0.15, 0.2) is 5.13 Å². The summed E-state index contributed by atoms with van der Waals surface area (Å²) in [5, 5.41) is 2.38. The molecule has 2 aromatic heterocycles. The minimum absolute atomic E-state index is 0.0977. The molecule has 35 heavy (non-hydrogen) atoms. The smallest absolute Gasteiger partial charge is 0.341 e. The van der Waals surface area contributed by atoms with Crippen LogP contribution in [0.2, 0.25) is 0 Å². The number of nitrogens with two attached hydrogens (primary N) is 1. The number of thiazole rings is 1. The fourth-order valence-corrected chi connectivity index (χ4v) is 4.98. The maximum atomic E-state index is 13.7. The van der Waals surface area contributed by atoms with Crippen LogP contribution in [0, 0.1) is 18.8 Å². The highest BCUT2D eigenvalue weighted by molar-refractivity contribution is 7.14. The van der Waals surface area contributed by atoms with Gasteiger partial charge < -0.3 is 9.69 Å². The number of rotatable bonds is 10. The van der Waals surface area contributed by atoms with E-state index in [1.807, 2.05) is 5.43 Å². The van der Waals surface area contributed by atoms with Crippen LogP contribution in [-0.4, -0.2) is 62.2 Å². The van der Waals surface area contributed by atoms with Crippen molar-refractivity contribution in [3.63, 3.8) is 0 Å². The number of imide groups is 1. The maximum absolute atomic E-state index is 13.7. The summed E-state index contributed by atoms with van der Waals surface area (Å²) in [6, 6.07) is -1.20. The van der Waals surface area contributed by atoms with E-state index in [4.69, 9.17) is 5.84 Å². The zero-order valence-corrected chi connectivity index (χ0v) is 21.0. The summed E-state index contributed by atoms with van der Waals surface area (Å²) in [7, 11) is 0. The van der Waals surface area contributed by atoms with Crippen LogP contribution in [0.3, 0.4) is 0 Å². The molecule has 1 atom stereocenters. The van der Waals surface area contributed by atoms with Crippen molar-refractivity contribution < 1.29 is 19.2 Å². The molecule has 0 saturated heterocycles. The van der Waals surface area contributed by atoms with Crippen LogP contribution in [0.5, 0.6) is 0 Å². The van der Waals surface area contributed by atoms with E-state index in [1.165, 1.54) is 18.3 Å². The monoisotopic (exact) mass is 501 g/mol. The summed E-state index contributed by atoms with van der Waals surface area (Å²) in [4.78, 5) is 63.1. The van der Waals surface area contributed by atoms with Crippen molar-refractivity contribution >= 4 is 40.6 Å². The van der Waals surface area contributed by atoms with Crippen LogP contribution in [0.4, 0.5) is 9.93 Å². The number of anilines is 1. The first-order valence-corrected chi connectivity index (χ1v) is 12.7. The van der Waals surface area contributed by atoms with Crippen LogP contribution in [0.15, 0.2) is 11.7 Å². The Morgan fingerprint density at radius 1 is 1.26 bits per heavy atom. The molecule has 2 saturated carbocycles. The van der Waals surface area contributed by atoms with E-state index in [0.717, 1.165) is 53.2 Å². The Hall–Kier alpha value is -3.12. The first kappa shape index (κ1) is 25.0. The fourth-order valence-electron chi connectivity index (χ4n) is 4.10. The summed E-state index contributed by atoms with van der Waals surface area (Å²) >= 11 is 1.36. The number of nitrogen functional groups attached to an aromatic ring is 1. The summed E-state index contributed by atoms with van der Waals surface area (Å²) < 4.78 is 1.08. The Bertz CT molecular complexity index is 1120. The Labute approximate surface area is 207 Å². The van der Waals surface area contributed by atoms with Crippen LogP contribution in [-0.2, 0) is 4.79 Å². The van der Waals surface area contributed by atoms with E-state index in [1.54, 1.807) is 5.38 Å². The lowest BCUT2D eigenvalue weighted by Crippen LogP contribution is -2.46. The third kappa shape index (κ3) is 5.43. The van der Waals surface area contributed by atoms with Gasteiger partial charge in [-0.1, -0.05) is 26.7 Å². The Balaban J connectivity index is 1.65. The van der Waals surface area contributed by atoms with Crippen molar-refractivity contribution in [1.82, 2.24) is 24.9 Å². The average Bonchev–Trinajstić information content (AvgIpc) is 3.76. The van der Waals surface area contributed by atoms with Gasteiger partial charge in [0.2, 0.25) is 0 Å². The first-order valence-electron chi connectivity index (χ1n) is 11.8. The number of imidazole rings is 1. The molecule has 0 bridgehead atoms. The van der Waals surface area contributed by atoms with Gasteiger partial charge in [-0.25, -0.2) is 20.6 Å². The molecule has 0 spiro atoms. The van der Waals surface area contributed by atoms with E-state index in [0.29, 0.717) is 24.7 Å². The SMILES string of the molecule is Cc1c(C(=O)N(C(=O)c2csc(N(CC(C)C)C3CC3)n2)[C@H](C=O)CC2CC2)ncn1C(=O)NN. The van der Waals surface area contributed by atoms with Crippen LogP contribution >= 0.6 is 11.3 Å². The topological polar surface area (TPSA) is 144 Å². The molecule has 4 rings (SSSR count). The molecule has 3 N–H and O–H groups in total. The third-order valence-electron chi connectivity index (χ3n) is 6.26. The Morgan fingerprint density at radius 2 is 1.97 bits per heavy atom. The van der Waals surface area contributed by atoms with Gasteiger partial charge in [0.05, 0.1) is 11.7 Å². The number of hydrazine groups is 1. The van der Waals surface area contributed by atoms with Crippen molar-refractivity contribution in [1.29, 1.82) is 0 Å². The Kier molecular flexibility index (Phi) is 7.31. The van der Waals surface area contributed by atoms with E-state index < -0.39 is 23.9 Å².